The van der Waals surface area contributed by atoms with Gasteiger partial charge in [-0.3, -0.25) is 0 Å². The molecule has 0 atom stereocenters. The van der Waals surface area contributed by atoms with Gasteiger partial charge in [-0.1, -0.05) is 25.0 Å². The number of hydrogen-bond acceptors (Lipinski definition) is 3. The van der Waals surface area contributed by atoms with Crippen LogP contribution < -0.4 is 5.32 Å². The normalized spacial score (nSPS) is 20.0. The summed E-state index contributed by atoms with van der Waals surface area (Å²) in [6.45, 7) is 5.26. The lowest BCUT2D eigenvalue weighted by Gasteiger charge is -2.34. The lowest BCUT2D eigenvalue weighted by Crippen LogP contribution is -2.54. The van der Waals surface area contributed by atoms with Crippen molar-refractivity contribution < 1.29 is 13.2 Å². The number of benzene rings is 1. The molecule has 0 unspecified atom stereocenters. The van der Waals surface area contributed by atoms with E-state index < -0.39 is 10.0 Å². The fourth-order valence-electron chi connectivity index (χ4n) is 3.59. The standard InChI is InChI=1S/C18H27N3O3S/c1-14-7-8-15(2)17(13-14)25(23,24)21-11-9-20(10-12-21)18(22)19-16-5-3-4-6-16/h7-8,13,16H,3-6,9-12H2,1-2H3,(H,19,22). The Morgan fingerprint density at radius 1 is 1.08 bits per heavy atom. The minimum absolute atomic E-state index is 0.0596. The van der Waals surface area contributed by atoms with Gasteiger partial charge in [0.05, 0.1) is 4.90 Å². The number of piperazine rings is 1. The molecule has 1 aromatic carbocycles. The number of carbonyl (C=O) groups excluding carboxylic acids is 1. The van der Waals surface area contributed by atoms with E-state index in [9.17, 15) is 13.2 Å². The average molecular weight is 365 g/mol. The van der Waals surface area contributed by atoms with Crippen LogP contribution in [0.25, 0.3) is 0 Å². The summed E-state index contributed by atoms with van der Waals surface area (Å²) in [6.07, 6.45) is 4.44. The number of amides is 2. The van der Waals surface area contributed by atoms with E-state index in [2.05, 4.69) is 5.32 Å². The molecule has 2 fully saturated rings. The van der Waals surface area contributed by atoms with Crippen molar-refractivity contribution in [2.75, 3.05) is 26.2 Å². The molecule has 0 aromatic heterocycles. The summed E-state index contributed by atoms with van der Waals surface area (Å²) >= 11 is 0. The topological polar surface area (TPSA) is 69.7 Å². The molecule has 0 radical (unpaired) electrons. The first-order valence-corrected chi connectivity index (χ1v) is 10.4. The third-order valence-electron chi connectivity index (χ3n) is 5.17. The molecule has 3 rings (SSSR count). The molecular weight excluding hydrogens is 338 g/mol. The number of carbonyl (C=O) groups is 1. The second-order valence-electron chi connectivity index (χ2n) is 7.09. The van der Waals surface area contributed by atoms with Gasteiger partial charge in [0, 0.05) is 32.2 Å². The molecule has 0 spiro atoms. The fraction of sp³-hybridized carbons (Fsp3) is 0.611. The summed E-state index contributed by atoms with van der Waals surface area (Å²) in [7, 11) is -3.51. The smallest absolute Gasteiger partial charge is 0.317 e. The molecule has 1 saturated carbocycles. The first kappa shape index (κ1) is 18.2. The van der Waals surface area contributed by atoms with Gasteiger partial charge < -0.3 is 10.2 Å². The van der Waals surface area contributed by atoms with Gasteiger partial charge in [-0.15, -0.1) is 0 Å². The Morgan fingerprint density at radius 3 is 2.36 bits per heavy atom. The Kier molecular flexibility index (Phi) is 5.34. The van der Waals surface area contributed by atoms with Crippen molar-refractivity contribution in [3.63, 3.8) is 0 Å². The maximum atomic E-state index is 12.9. The molecule has 25 heavy (non-hydrogen) atoms. The minimum atomic E-state index is -3.51. The molecule has 1 N–H and O–H groups in total. The van der Waals surface area contributed by atoms with Crippen LogP contribution in [0.4, 0.5) is 4.79 Å². The number of aryl methyl sites for hydroxylation is 2. The molecule has 1 saturated heterocycles. The number of hydrogen-bond donors (Lipinski definition) is 1. The number of nitrogens with one attached hydrogen (secondary N) is 1. The first-order valence-electron chi connectivity index (χ1n) is 9.01. The second-order valence-corrected chi connectivity index (χ2v) is 9.00. The largest absolute Gasteiger partial charge is 0.335 e. The lowest BCUT2D eigenvalue weighted by atomic mass is 10.2. The number of sulfonamides is 1. The van der Waals surface area contributed by atoms with E-state index in [-0.39, 0.29) is 12.1 Å². The molecule has 1 aliphatic heterocycles. The summed E-state index contributed by atoms with van der Waals surface area (Å²) in [5.74, 6) is 0. The summed E-state index contributed by atoms with van der Waals surface area (Å²) in [6, 6.07) is 5.71. The summed E-state index contributed by atoms with van der Waals surface area (Å²) in [5.41, 5.74) is 1.69. The number of nitrogens with zero attached hydrogens (tertiary/aromatic N) is 2. The van der Waals surface area contributed by atoms with E-state index in [1.807, 2.05) is 26.0 Å². The number of urea groups is 1. The van der Waals surface area contributed by atoms with Gasteiger partial charge in [0.25, 0.3) is 0 Å². The third-order valence-corrected chi connectivity index (χ3v) is 7.21. The lowest BCUT2D eigenvalue weighted by molar-refractivity contribution is 0.169. The molecule has 1 aromatic rings. The Hall–Kier alpha value is -1.60. The van der Waals surface area contributed by atoms with Crippen molar-refractivity contribution in [3.05, 3.63) is 29.3 Å². The molecule has 138 valence electrons. The third kappa shape index (κ3) is 3.98. The second kappa shape index (κ2) is 7.33. The summed E-state index contributed by atoms with van der Waals surface area (Å²) in [5, 5.41) is 3.07. The molecule has 0 bridgehead atoms. The Labute approximate surface area is 150 Å². The van der Waals surface area contributed by atoms with Crippen molar-refractivity contribution in [1.82, 2.24) is 14.5 Å². The molecule has 2 aliphatic rings. The Morgan fingerprint density at radius 2 is 1.72 bits per heavy atom. The van der Waals surface area contributed by atoms with E-state index in [1.54, 1.807) is 11.0 Å². The highest BCUT2D eigenvalue weighted by atomic mass is 32.2. The van der Waals surface area contributed by atoms with E-state index in [0.717, 1.165) is 24.0 Å². The van der Waals surface area contributed by atoms with E-state index in [1.165, 1.54) is 17.1 Å². The SMILES string of the molecule is Cc1ccc(C)c(S(=O)(=O)N2CCN(C(=O)NC3CCCC3)CC2)c1. The molecule has 2 amide bonds. The minimum Gasteiger partial charge on any atom is -0.335 e. The van der Waals surface area contributed by atoms with Gasteiger partial charge >= 0.3 is 6.03 Å². The zero-order chi connectivity index (χ0) is 18.0. The van der Waals surface area contributed by atoms with Gasteiger partial charge in [-0.2, -0.15) is 4.31 Å². The maximum absolute atomic E-state index is 12.9. The van der Waals surface area contributed by atoms with E-state index >= 15 is 0 Å². The fourth-order valence-corrected chi connectivity index (χ4v) is 5.32. The highest BCUT2D eigenvalue weighted by Gasteiger charge is 2.31. The molecular formula is C18H27N3O3S. The van der Waals surface area contributed by atoms with Crippen LogP contribution in [0.2, 0.25) is 0 Å². The molecule has 1 aliphatic carbocycles. The van der Waals surface area contributed by atoms with Crippen LogP contribution in [-0.4, -0.2) is 55.9 Å². The molecule has 7 heteroatoms. The monoisotopic (exact) mass is 365 g/mol. The summed E-state index contributed by atoms with van der Waals surface area (Å²) < 4.78 is 27.3. The van der Waals surface area contributed by atoms with Crippen LogP contribution in [0.3, 0.4) is 0 Å². The van der Waals surface area contributed by atoms with E-state index in [0.29, 0.717) is 31.1 Å². The molecule has 6 nitrogen and oxygen atoms in total. The van der Waals surface area contributed by atoms with Crippen LogP contribution in [0.1, 0.15) is 36.8 Å². The van der Waals surface area contributed by atoms with Crippen molar-refractivity contribution in [2.24, 2.45) is 0 Å². The van der Waals surface area contributed by atoms with E-state index in [4.69, 9.17) is 0 Å². The zero-order valence-electron chi connectivity index (χ0n) is 15.0. The van der Waals surface area contributed by atoms with Gasteiger partial charge in [-0.25, -0.2) is 13.2 Å². The van der Waals surface area contributed by atoms with Crippen molar-refractivity contribution in [3.8, 4) is 0 Å². The predicted octanol–water partition coefficient (Wildman–Crippen LogP) is 2.26. The van der Waals surface area contributed by atoms with Crippen LogP contribution in [0.5, 0.6) is 0 Å². The van der Waals surface area contributed by atoms with Gasteiger partial charge in [-0.05, 0) is 43.9 Å². The summed E-state index contributed by atoms with van der Waals surface area (Å²) in [4.78, 5) is 14.4. The van der Waals surface area contributed by atoms with Gasteiger partial charge in [0.2, 0.25) is 10.0 Å². The van der Waals surface area contributed by atoms with Crippen LogP contribution in [0.15, 0.2) is 23.1 Å². The van der Waals surface area contributed by atoms with Crippen molar-refractivity contribution >= 4 is 16.1 Å². The molecule has 1 heterocycles. The zero-order valence-corrected chi connectivity index (χ0v) is 15.8. The van der Waals surface area contributed by atoms with Crippen LogP contribution in [-0.2, 0) is 10.0 Å². The van der Waals surface area contributed by atoms with Crippen LogP contribution >= 0.6 is 0 Å². The quantitative estimate of drug-likeness (QED) is 0.893. The van der Waals surface area contributed by atoms with Crippen LogP contribution in [0, 0.1) is 13.8 Å². The Balaban J connectivity index is 1.63. The first-order chi connectivity index (χ1) is 11.9. The predicted molar refractivity (Wildman–Crippen MR) is 97.0 cm³/mol. The van der Waals surface area contributed by atoms with Crippen molar-refractivity contribution in [2.45, 2.75) is 50.5 Å². The average Bonchev–Trinajstić information content (AvgIpc) is 3.10. The highest BCUT2D eigenvalue weighted by Crippen LogP contribution is 2.23. The maximum Gasteiger partial charge on any atom is 0.317 e. The Bertz CT molecular complexity index is 734. The number of rotatable bonds is 3. The van der Waals surface area contributed by atoms with Gasteiger partial charge in [0.1, 0.15) is 0 Å². The van der Waals surface area contributed by atoms with Gasteiger partial charge in [0.15, 0.2) is 0 Å². The van der Waals surface area contributed by atoms with Crippen molar-refractivity contribution in [1.29, 1.82) is 0 Å². The highest BCUT2D eigenvalue weighted by molar-refractivity contribution is 7.89.